The van der Waals surface area contributed by atoms with Crippen molar-refractivity contribution in [3.63, 3.8) is 0 Å². The van der Waals surface area contributed by atoms with Crippen LogP contribution >= 0.6 is 23.2 Å². The van der Waals surface area contributed by atoms with Crippen molar-refractivity contribution >= 4 is 34.1 Å². The molecule has 7 heteroatoms. The third-order valence-corrected chi connectivity index (χ3v) is 6.00. The highest BCUT2D eigenvalue weighted by molar-refractivity contribution is 6.42. The lowest BCUT2D eigenvalue weighted by molar-refractivity contribution is 0.573. The van der Waals surface area contributed by atoms with Gasteiger partial charge in [-0.2, -0.15) is 4.80 Å². The van der Waals surface area contributed by atoms with E-state index in [1.807, 2.05) is 24.3 Å². The molecular formula is C24H19Cl2N5. The minimum Gasteiger partial charge on any atom is -0.342 e. The average Bonchev–Trinajstić information content (AvgIpc) is 3.37. The highest BCUT2D eigenvalue weighted by atomic mass is 35.5. The SMILES string of the molecule is Cc1ccc(Cn2cc(-c3nnn(Cc4ccc(Cl)c(Cl)c4)n3)c3ccccc32)cc1. The lowest BCUT2D eigenvalue weighted by Gasteiger charge is -2.05. The lowest BCUT2D eigenvalue weighted by atomic mass is 10.1. The van der Waals surface area contributed by atoms with Crippen LogP contribution in [0.3, 0.4) is 0 Å². The molecule has 31 heavy (non-hydrogen) atoms. The van der Waals surface area contributed by atoms with Crippen LogP contribution in [-0.4, -0.2) is 24.8 Å². The molecule has 0 bridgehead atoms. The summed E-state index contributed by atoms with van der Waals surface area (Å²) in [6, 6.07) is 22.4. The predicted octanol–water partition coefficient (Wildman–Crippen LogP) is 6.01. The first kappa shape index (κ1) is 19.8. The molecule has 5 aromatic rings. The van der Waals surface area contributed by atoms with Crippen molar-refractivity contribution in [1.82, 2.24) is 24.8 Å². The maximum Gasteiger partial charge on any atom is 0.207 e. The van der Waals surface area contributed by atoms with Crippen LogP contribution in [0, 0.1) is 6.92 Å². The zero-order valence-electron chi connectivity index (χ0n) is 16.8. The van der Waals surface area contributed by atoms with Crippen molar-refractivity contribution in [3.8, 4) is 11.4 Å². The summed E-state index contributed by atoms with van der Waals surface area (Å²) in [5, 5.41) is 15.3. The molecule has 0 aliphatic rings. The Morgan fingerprint density at radius 1 is 0.839 bits per heavy atom. The Hall–Kier alpha value is -3.15. The first-order valence-electron chi connectivity index (χ1n) is 9.92. The van der Waals surface area contributed by atoms with Crippen LogP contribution in [-0.2, 0) is 13.1 Å². The van der Waals surface area contributed by atoms with Crippen molar-refractivity contribution in [2.75, 3.05) is 0 Å². The van der Waals surface area contributed by atoms with Gasteiger partial charge in [-0.25, -0.2) is 0 Å². The molecule has 3 aromatic carbocycles. The van der Waals surface area contributed by atoms with Gasteiger partial charge in [0.1, 0.15) is 0 Å². The van der Waals surface area contributed by atoms with Gasteiger partial charge in [0, 0.05) is 29.2 Å². The van der Waals surface area contributed by atoms with Crippen LogP contribution < -0.4 is 0 Å². The monoisotopic (exact) mass is 447 g/mol. The number of aromatic nitrogens is 5. The zero-order valence-corrected chi connectivity index (χ0v) is 18.3. The molecule has 5 nitrogen and oxygen atoms in total. The number of tetrazole rings is 1. The third kappa shape index (κ3) is 4.07. The highest BCUT2D eigenvalue weighted by Gasteiger charge is 2.15. The summed E-state index contributed by atoms with van der Waals surface area (Å²) in [7, 11) is 0. The second-order valence-electron chi connectivity index (χ2n) is 7.57. The minimum absolute atomic E-state index is 0.464. The van der Waals surface area contributed by atoms with Gasteiger partial charge in [-0.05, 0) is 41.5 Å². The molecule has 0 unspecified atom stereocenters. The van der Waals surface area contributed by atoms with Crippen molar-refractivity contribution in [2.24, 2.45) is 0 Å². The normalized spacial score (nSPS) is 11.3. The molecule has 0 saturated carbocycles. The van der Waals surface area contributed by atoms with Crippen LogP contribution in [0.5, 0.6) is 0 Å². The fraction of sp³-hybridized carbons (Fsp3) is 0.125. The van der Waals surface area contributed by atoms with Crippen LogP contribution in [0.25, 0.3) is 22.3 Å². The van der Waals surface area contributed by atoms with Crippen molar-refractivity contribution < 1.29 is 0 Å². The van der Waals surface area contributed by atoms with Gasteiger partial charge in [0.15, 0.2) is 0 Å². The Morgan fingerprint density at radius 2 is 1.61 bits per heavy atom. The number of nitrogens with zero attached hydrogens (tertiary/aromatic N) is 5. The van der Waals surface area contributed by atoms with Crippen LogP contribution in [0.1, 0.15) is 16.7 Å². The second-order valence-corrected chi connectivity index (χ2v) is 8.38. The number of para-hydroxylation sites is 1. The standard InChI is InChI=1S/C24H19Cl2N5/c1-16-6-8-17(9-7-16)13-30-15-20(19-4-2-3-5-23(19)30)24-27-29-31(28-24)14-18-10-11-21(25)22(26)12-18/h2-12,15H,13-14H2,1H3. The van der Waals surface area contributed by atoms with Gasteiger partial charge >= 0.3 is 0 Å². The van der Waals surface area contributed by atoms with E-state index in [1.54, 1.807) is 10.9 Å². The molecule has 0 fully saturated rings. The largest absolute Gasteiger partial charge is 0.342 e. The van der Waals surface area contributed by atoms with E-state index in [0.717, 1.165) is 28.6 Å². The van der Waals surface area contributed by atoms with E-state index in [1.165, 1.54) is 11.1 Å². The number of hydrogen-bond donors (Lipinski definition) is 0. The summed E-state index contributed by atoms with van der Waals surface area (Å²) in [4.78, 5) is 1.57. The predicted molar refractivity (Wildman–Crippen MR) is 125 cm³/mol. The van der Waals surface area contributed by atoms with Gasteiger partial charge in [0.2, 0.25) is 5.82 Å². The van der Waals surface area contributed by atoms with Gasteiger partial charge in [-0.3, -0.25) is 0 Å². The Kier molecular flexibility index (Phi) is 5.22. The molecule has 5 rings (SSSR count). The van der Waals surface area contributed by atoms with E-state index in [2.05, 4.69) is 69.5 Å². The number of halogens is 2. The average molecular weight is 448 g/mol. The van der Waals surface area contributed by atoms with E-state index in [0.29, 0.717) is 22.4 Å². The van der Waals surface area contributed by atoms with Crippen LogP contribution in [0.2, 0.25) is 10.0 Å². The van der Waals surface area contributed by atoms with Crippen molar-refractivity contribution in [2.45, 2.75) is 20.0 Å². The molecule has 0 aliphatic heterocycles. The summed E-state index contributed by atoms with van der Waals surface area (Å²) < 4.78 is 2.23. The number of rotatable bonds is 5. The Morgan fingerprint density at radius 3 is 2.42 bits per heavy atom. The van der Waals surface area contributed by atoms with Gasteiger partial charge in [-0.15, -0.1) is 10.2 Å². The van der Waals surface area contributed by atoms with Crippen molar-refractivity contribution in [1.29, 1.82) is 0 Å². The minimum atomic E-state index is 0.464. The van der Waals surface area contributed by atoms with Gasteiger partial charge in [0.25, 0.3) is 0 Å². The van der Waals surface area contributed by atoms with E-state index < -0.39 is 0 Å². The summed E-state index contributed by atoms with van der Waals surface area (Å²) in [5.41, 5.74) is 5.56. The summed E-state index contributed by atoms with van der Waals surface area (Å²) >= 11 is 12.1. The van der Waals surface area contributed by atoms with E-state index >= 15 is 0 Å². The van der Waals surface area contributed by atoms with Crippen LogP contribution in [0.4, 0.5) is 0 Å². The highest BCUT2D eigenvalue weighted by Crippen LogP contribution is 2.29. The maximum atomic E-state index is 6.12. The Bertz CT molecular complexity index is 1370. The lowest BCUT2D eigenvalue weighted by Crippen LogP contribution is -2.04. The second kappa shape index (κ2) is 8.17. The maximum absolute atomic E-state index is 6.12. The topological polar surface area (TPSA) is 48.5 Å². The molecule has 0 atom stereocenters. The zero-order chi connectivity index (χ0) is 21.4. The summed E-state index contributed by atoms with van der Waals surface area (Å²) in [5.74, 6) is 0.596. The van der Waals surface area contributed by atoms with E-state index in [4.69, 9.17) is 23.2 Å². The Balaban J connectivity index is 1.47. The number of hydrogen-bond acceptors (Lipinski definition) is 3. The number of aryl methyl sites for hydroxylation is 1. The van der Waals surface area contributed by atoms with E-state index in [9.17, 15) is 0 Å². The molecule has 2 heterocycles. The molecular weight excluding hydrogens is 429 g/mol. The quantitative estimate of drug-likeness (QED) is 0.331. The van der Waals surface area contributed by atoms with Gasteiger partial charge < -0.3 is 4.57 Å². The summed E-state index contributed by atoms with van der Waals surface area (Å²) in [6.07, 6.45) is 2.10. The third-order valence-electron chi connectivity index (χ3n) is 5.26. The smallest absolute Gasteiger partial charge is 0.207 e. The van der Waals surface area contributed by atoms with Gasteiger partial charge in [-0.1, -0.05) is 77.3 Å². The number of fused-ring (bicyclic) bond motifs is 1. The van der Waals surface area contributed by atoms with Crippen LogP contribution in [0.15, 0.2) is 72.9 Å². The fourth-order valence-electron chi connectivity index (χ4n) is 3.67. The molecule has 0 amide bonds. The molecule has 0 saturated heterocycles. The summed E-state index contributed by atoms with van der Waals surface area (Å²) in [6.45, 7) is 3.34. The van der Waals surface area contributed by atoms with E-state index in [-0.39, 0.29) is 0 Å². The molecule has 0 aliphatic carbocycles. The van der Waals surface area contributed by atoms with Crippen molar-refractivity contribution in [3.05, 3.63) is 99.7 Å². The number of benzene rings is 3. The van der Waals surface area contributed by atoms with Gasteiger partial charge in [0.05, 0.1) is 16.6 Å². The molecule has 154 valence electrons. The first-order valence-corrected chi connectivity index (χ1v) is 10.7. The molecule has 2 aromatic heterocycles. The molecule has 0 radical (unpaired) electrons. The Labute approximate surface area is 189 Å². The molecule has 0 spiro atoms. The molecule has 0 N–H and O–H groups in total. The fourth-order valence-corrected chi connectivity index (χ4v) is 3.99. The first-order chi connectivity index (χ1) is 15.1.